The number of likely N-dealkylation sites (N-methyl/N-ethyl adjacent to an activating group) is 1. The first-order valence-corrected chi connectivity index (χ1v) is 9.99. The molecule has 1 saturated heterocycles. The second kappa shape index (κ2) is 9.98. The van der Waals surface area contributed by atoms with E-state index in [1.165, 1.54) is 18.9 Å². The van der Waals surface area contributed by atoms with E-state index in [9.17, 15) is 14.9 Å². The summed E-state index contributed by atoms with van der Waals surface area (Å²) in [5, 5.41) is 11.1. The second-order valence-electron chi connectivity index (χ2n) is 7.36. The summed E-state index contributed by atoms with van der Waals surface area (Å²) in [4.78, 5) is 27.8. The molecule has 1 amide bonds. The topological polar surface area (TPSA) is 66.7 Å². The lowest BCUT2D eigenvalue weighted by molar-refractivity contribution is -0.385. The molecule has 0 aliphatic carbocycles. The van der Waals surface area contributed by atoms with Crippen molar-refractivity contribution >= 4 is 17.7 Å². The van der Waals surface area contributed by atoms with Crippen molar-refractivity contribution in [1.29, 1.82) is 0 Å². The van der Waals surface area contributed by atoms with E-state index in [0.29, 0.717) is 5.56 Å². The first-order chi connectivity index (χ1) is 14.1. The van der Waals surface area contributed by atoms with Gasteiger partial charge in [-0.25, -0.2) is 0 Å². The molecule has 6 heteroatoms. The molecule has 2 aromatic carbocycles. The zero-order valence-corrected chi connectivity index (χ0v) is 16.7. The number of nitro groups is 1. The van der Waals surface area contributed by atoms with Crippen LogP contribution in [0.4, 0.5) is 5.69 Å². The molecule has 0 saturated carbocycles. The Morgan fingerprint density at radius 1 is 1.14 bits per heavy atom. The largest absolute Gasteiger partial charge is 0.337 e. The van der Waals surface area contributed by atoms with Gasteiger partial charge in [0.05, 0.1) is 16.5 Å². The standard InChI is InChI=1S/C23H27N3O3/c1-24(22(18-25-16-7-8-17-25)20-10-3-2-4-11-20)23(27)15-9-13-19-12-5-6-14-21(19)26(28)29/h2-6,9-14,22H,7-8,15-18H2,1H3/b13-9+/t22-/m1/s1. The van der Waals surface area contributed by atoms with Gasteiger partial charge in [-0.05, 0) is 37.6 Å². The van der Waals surface area contributed by atoms with Gasteiger partial charge in [0.15, 0.2) is 0 Å². The highest BCUT2D eigenvalue weighted by atomic mass is 16.6. The first-order valence-electron chi connectivity index (χ1n) is 9.99. The van der Waals surface area contributed by atoms with Crippen molar-refractivity contribution in [1.82, 2.24) is 9.80 Å². The first kappa shape index (κ1) is 20.7. The molecule has 0 radical (unpaired) electrons. The van der Waals surface area contributed by atoms with Gasteiger partial charge in [0, 0.05) is 26.1 Å². The number of carbonyl (C=O) groups excluding carboxylic acids is 1. The summed E-state index contributed by atoms with van der Waals surface area (Å²) in [7, 11) is 1.84. The van der Waals surface area contributed by atoms with E-state index in [2.05, 4.69) is 17.0 Å². The molecule has 29 heavy (non-hydrogen) atoms. The van der Waals surface area contributed by atoms with E-state index in [0.717, 1.165) is 25.2 Å². The fourth-order valence-corrected chi connectivity index (χ4v) is 3.74. The van der Waals surface area contributed by atoms with Crippen LogP contribution in [0.25, 0.3) is 6.08 Å². The van der Waals surface area contributed by atoms with Gasteiger partial charge < -0.3 is 9.80 Å². The van der Waals surface area contributed by atoms with Gasteiger partial charge in [0.2, 0.25) is 5.91 Å². The van der Waals surface area contributed by atoms with Gasteiger partial charge in [0.1, 0.15) is 0 Å². The molecular weight excluding hydrogens is 366 g/mol. The maximum atomic E-state index is 12.9. The number of para-hydroxylation sites is 1. The molecule has 2 aromatic rings. The SMILES string of the molecule is CN(C(=O)C/C=C/c1ccccc1[N+](=O)[O-])[C@H](CN1CCCC1)c1ccccc1. The third kappa shape index (κ3) is 5.51. The molecule has 1 aliphatic rings. The summed E-state index contributed by atoms with van der Waals surface area (Å²) in [6, 6.07) is 16.6. The van der Waals surface area contributed by atoms with E-state index in [1.807, 2.05) is 25.2 Å². The predicted molar refractivity (Wildman–Crippen MR) is 114 cm³/mol. The van der Waals surface area contributed by atoms with Gasteiger partial charge in [-0.1, -0.05) is 54.6 Å². The summed E-state index contributed by atoms with van der Waals surface area (Å²) in [6.45, 7) is 2.96. The molecule has 1 atom stereocenters. The quantitative estimate of drug-likeness (QED) is 0.496. The van der Waals surface area contributed by atoms with Gasteiger partial charge in [0.25, 0.3) is 5.69 Å². The normalized spacial score (nSPS) is 15.5. The molecule has 1 fully saturated rings. The third-order valence-electron chi connectivity index (χ3n) is 5.40. The lowest BCUT2D eigenvalue weighted by atomic mass is 10.0. The van der Waals surface area contributed by atoms with E-state index in [-0.39, 0.29) is 24.1 Å². The summed E-state index contributed by atoms with van der Waals surface area (Å²) < 4.78 is 0. The number of rotatable bonds is 8. The van der Waals surface area contributed by atoms with Gasteiger partial charge >= 0.3 is 0 Å². The molecule has 3 rings (SSSR count). The zero-order valence-electron chi connectivity index (χ0n) is 16.7. The second-order valence-corrected chi connectivity index (χ2v) is 7.36. The van der Waals surface area contributed by atoms with E-state index >= 15 is 0 Å². The lowest BCUT2D eigenvalue weighted by Gasteiger charge is -2.32. The molecule has 6 nitrogen and oxygen atoms in total. The lowest BCUT2D eigenvalue weighted by Crippen LogP contribution is -2.38. The highest BCUT2D eigenvalue weighted by Gasteiger charge is 2.25. The minimum absolute atomic E-state index is 0.00659. The molecule has 0 N–H and O–H groups in total. The number of likely N-dealkylation sites (tertiary alicyclic amines) is 1. The summed E-state index contributed by atoms with van der Waals surface area (Å²) >= 11 is 0. The Morgan fingerprint density at radius 2 is 1.79 bits per heavy atom. The van der Waals surface area contributed by atoms with Crippen LogP contribution in [-0.4, -0.2) is 47.3 Å². The van der Waals surface area contributed by atoms with E-state index in [1.54, 1.807) is 35.3 Å². The number of benzene rings is 2. The van der Waals surface area contributed by atoms with Crippen LogP contribution in [-0.2, 0) is 4.79 Å². The number of amides is 1. The average molecular weight is 393 g/mol. The Hall–Kier alpha value is -2.99. The maximum Gasteiger partial charge on any atom is 0.276 e. The third-order valence-corrected chi connectivity index (χ3v) is 5.40. The highest BCUT2D eigenvalue weighted by Crippen LogP contribution is 2.24. The van der Waals surface area contributed by atoms with Crippen molar-refractivity contribution < 1.29 is 9.72 Å². The van der Waals surface area contributed by atoms with Crippen molar-refractivity contribution in [3.8, 4) is 0 Å². The maximum absolute atomic E-state index is 12.9. The van der Waals surface area contributed by atoms with E-state index in [4.69, 9.17) is 0 Å². The Kier molecular flexibility index (Phi) is 7.14. The minimum Gasteiger partial charge on any atom is -0.337 e. The molecule has 1 heterocycles. The number of hydrogen-bond donors (Lipinski definition) is 0. The Balaban J connectivity index is 1.69. The number of nitro benzene ring substituents is 1. The Bertz CT molecular complexity index is 861. The fourth-order valence-electron chi connectivity index (χ4n) is 3.74. The molecule has 152 valence electrons. The van der Waals surface area contributed by atoms with Crippen molar-refractivity contribution in [2.24, 2.45) is 0 Å². The fraction of sp³-hybridized carbons (Fsp3) is 0.348. The van der Waals surface area contributed by atoms with Crippen LogP contribution in [0.2, 0.25) is 0 Å². The van der Waals surface area contributed by atoms with Crippen molar-refractivity contribution in [2.75, 3.05) is 26.7 Å². The number of nitrogens with zero attached hydrogens (tertiary/aromatic N) is 3. The number of carbonyl (C=O) groups is 1. The molecule has 0 spiro atoms. The summed E-state index contributed by atoms with van der Waals surface area (Å²) in [5.74, 6) is -0.00659. The summed E-state index contributed by atoms with van der Waals surface area (Å²) in [6.07, 6.45) is 5.97. The van der Waals surface area contributed by atoms with Crippen LogP contribution in [0, 0.1) is 10.1 Å². The van der Waals surface area contributed by atoms with Crippen LogP contribution < -0.4 is 0 Å². The Morgan fingerprint density at radius 3 is 2.48 bits per heavy atom. The molecule has 0 bridgehead atoms. The molecule has 0 aromatic heterocycles. The van der Waals surface area contributed by atoms with Crippen molar-refractivity contribution in [3.63, 3.8) is 0 Å². The van der Waals surface area contributed by atoms with Crippen molar-refractivity contribution in [3.05, 3.63) is 81.9 Å². The van der Waals surface area contributed by atoms with Gasteiger partial charge in [-0.15, -0.1) is 0 Å². The van der Waals surface area contributed by atoms with Crippen LogP contribution in [0.15, 0.2) is 60.7 Å². The summed E-state index contributed by atoms with van der Waals surface area (Å²) in [5.41, 5.74) is 1.67. The number of hydrogen-bond acceptors (Lipinski definition) is 4. The minimum atomic E-state index is -0.408. The monoisotopic (exact) mass is 393 g/mol. The van der Waals surface area contributed by atoms with Crippen LogP contribution in [0.5, 0.6) is 0 Å². The smallest absolute Gasteiger partial charge is 0.276 e. The molecule has 0 unspecified atom stereocenters. The van der Waals surface area contributed by atoms with Crippen molar-refractivity contribution in [2.45, 2.75) is 25.3 Å². The van der Waals surface area contributed by atoms with Crippen LogP contribution in [0.3, 0.4) is 0 Å². The molecular formula is C23H27N3O3. The Labute approximate surface area is 171 Å². The molecule has 1 aliphatic heterocycles. The van der Waals surface area contributed by atoms with Gasteiger partial charge in [-0.3, -0.25) is 14.9 Å². The zero-order chi connectivity index (χ0) is 20.6. The van der Waals surface area contributed by atoms with Crippen LogP contribution >= 0.6 is 0 Å². The van der Waals surface area contributed by atoms with Crippen LogP contribution in [0.1, 0.15) is 36.4 Å². The van der Waals surface area contributed by atoms with Gasteiger partial charge in [-0.2, -0.15) is 0 Å². The average Bonchev–Trinajstić information content (AvgIpc) is 3.25. The van der Waals surface area contributed by atoms with E-state index < -0.39 is 4.92 Å². The highest BCUT2D eigenvalue weighted by molar-refractivity contribution is 5.79. The predicted octanol–water partition coefficient (Wildman–Crippen LogP) is 4.29.